The second-order valence-corrected chi connectivity index (χ2v) is 3.98. The molecule has 2 aliphatic rings. The first-order valence-electron chi connectivity index (χ1n) is 5.41. The zero-order chi connectivity index (χ0) is 11.0. The van der Waals surface area contributed by atoms with Crippen LogP contribution in [0.15, 0.2) is 29.3 Å². The standard InChI is InChI=1S/C11H13FN4/c12-9-3-1-2-8(6-9)11-14-10-7-13-4-5-16(10)15-11/h1-3,6,10,13H,4-5,7H2,(H,14,15). The van der Waals surface area contributed by atoms with Crippen molar-refractivity contribution in [3.05, 3.63) is 35.6 Å². The minimum Gasteiger partial charge on any atom is -0.312 e. The number of piperazine rings is 1. The average molecular weight is 220 g/mol. The van der Waals surface area contributed by atoms with Crippen LogP contribution in [0.5, 0.6) is 0 Å². The SMILES string of the molecule is Fc1cccc(C2=NC3CNCCN3N2)c1. The summed E-state index contributed by atoms with van der Waals surface area (Å²) < 4.78 is 13.1. The summed E-state index contributed by atoms with van der Waals surface area (Å²) in [6.45, 7) is 2.70. The van der Waals surface area contributed by atoms with Gasteiger partial charge in [0, 0.05) is 25.2 Å². The zero-order valence-corrected chi connectivity index (χ0v) is 8.78. The van der Waals surface area contributed by atoms with E-state index in [4.69, 9.17) is 0 Å². The van der Waals surface area contributed by atoms with E-state index in [1.807, 2.05) is 6.07 Å². The maximum Gasteiger partial charge on any atom is 0.144 e. The number of amidine groups is 1. The molecular formula is C11H13FN4. The van der Waals surface area contributed by atoms with E-state index < -0.39 is 0 Å². The van der Waals surface area contributed by atoms with Gasteiger partial charge in [-0.05, 0) is 12.1 Å². The smallest absolute Gasteiger partial charge is 0.144 e. The van der Waals surface area contributed by atoms with E-state index in [9.17, 15) is 4.39 Å². The van der Waals surface area contributed by atoms with E-state index in [-0.39, 0.29) is 12.0 Å². The summed E-state index contributed by atoms with van der Waals surface area (Å²) in [6.07, 6.45) is 0.131. The van der Waals surface area contributed by atoms with Crippen LogP contribution in [0.3, 0.4) is 0 Å². The molecule has 2 heterocycles. The number of halogens is 1. The van der Waals surface area contributed by atoms with Crippen molar-refractivity contribution >= 4 is 5.84 Å². The van der Waals surface area contributed by atoms with Crippen LogP contribution in [-0.4, -0.2) is 36.6 Å². The molecule has 0 spiro atoms. The van der Waals surface area contributed by atoms with Crippen molar-refractivity contribution in [2.24, 2.45) is 4.99 Å². The van der Waals surface area contributed by atoms with Gasteiger partial charge in [-0.25, -0.2) is 9.38 Å². The Morgan fingerprint density at radius 3 is 3.19 bits per heavy atom. The minimum absolute atomic E-state index is 0.131. The van der Waals surface area contributed by atoms with Crippen molar-refractivity contribution in [3.8, 4) is 0 Å². The summed E-state index contributed by atoms with van der Waals surface area (Å²) >= 11 is 0. The van der Waals surface area contributed by atoms with Gasteiger partial charge in [-0.15, -0.1) is 0 Å². The number of rotatable bonds is 1. The van der Waals surface area contributed by atoms with Gasteiger partial charge in [0.05, 0.1) is 0 Å². The Balaban J connectivity index is 1.86. The highest BCUT2D eigenvalue weighted by atomic mass is 19.1. The Bertz CT molecular complexity index is 432. The first-order valence-corrected chi connectivity index (χ1v) is 5.41. The summed E-state index contributed by atoms with van der Waals surface area (Å²) in [5.74, 6) is 0.526. The van der Waals surface area contributed by atoms with E-state index >= 15 is 0 Å². The van der Waals surface area contributed by atoms with Crippen LogP contribution in [0.1, 0.15) is 5.56 Å². The Kier molecular flexibility index (Phi) is 2.34. The van der Waals surface area contributed by atoms with Crippen molar-refractivity contribution in [1.82, 2.24) is 15.8 Å². The normalized spacial score (nSPS) is 24.8. The lowest BCUT2D eigenvalue weighted by Crippen LogP contribution is -2.52. The third kappa shape index (κ3) is 1.68. The molecule has 2 N–H and O–H groups in total. The molecule has 2 aliphatic heterocycles. The molecule has 0 saturated carbocycles. The number of hydrogen-bond acceptors (Lipinski definition) is 4. The van der Waals surface area contributed by atoms with Crippen LogP contribution < -0.4 is 10.7 Å². The molecule has 0 bridgehead atoms. The Hall–Kier alpha value is -1.46. The first-order chi connectivity index (χ1) is 7.83. The Morgan fingerprint density at radius 2 is 2.38 bits per heavy atom. The lowest BCUT2D eigenvalue weighted by atomic mass is 10.2. The quantitative estimate of drug-likeness (QED) is 0.716. The Morgan fingerprint density at radius 1 is 1.44 bits per heavy atom. The lowest BCUT2D eigenvalue weighted by Gasteiger charge is -2.27. The van der Waals surface area contributed by atoms with Crippen LogP contribution >= 0.6 is 0 Å². The summed E-state index contributed by atoms with van der Waals surface area (Å²) in [6, 6.07) is 6.50. The highest BCUT2D eigenvalue weighted by Crippen LogP contribution is 2.13. The van der Waals surface area contributed by atoms with Gasteiger partial charge in [0.15, 0.2) is 0 Å². The molecule has 0 amide bonds. The highest BCUT2D eigenvalue weighted by Gasteiger charge is 2.28. The van der Waals surface area contributed by atoms with Gasteiger partial charge in [-0.2, -0.15) is 5.01 Å². The van der Waals surface area contributed by atoms with Crippen molar-refractivity contribution in [3.63, 3.8) is 0 Å². The largest absolute Gasteiger partial charge is 0.312 e. The second kappa shape index (κ2) is 3.84. The molecule has 1 atom stereocenters. The van der Waals surface area contributed by atoms with Crippen molar-refractivity contribution in [2.45, 2.75) is 6.17 Å². The molecule has 1 aromatic carbocycles. The van der Waals surface area contributed by atoms with Crippen LogP contribution in [0.4, 0.5) is 4.39 Å². The minimum atomic E-state index is -0.231. The van der Waals surface area contributed by atoms with E-state index in [1.54, 1.807) is 6.07 Å². The summed E-state index contributed by atoms with van der Waals surface area (Å²) in [7, 11) is 0. The van der Waals surface area contributed by atoms with Crippen LogP contribution in [-0.2, 0) is 0 Å². The van der Waals surface area contributed by atoms with Crippen LogP contribution in [0, 0.1) is 5.82 Å². The van der Waals surface area contributed by atoms with Gasteiger partial charge in [0.2, 0.25) is 0 Å². The Labute approximate surface area is 93.1 Å². The fourth-order valence-electron chi connectivity index (χ4n) is 2.02. The average Bonchev–Trinajstić information content (AvgIpc) is 2.72. The number of fused-ring (bicyclic) bond motifs is 1. The predicted molar refractivity (Wildman–Crippen MR) is 59.4 cm³/mol. The van der Waals surface area contributed by atoms with E-state index in [0.717, 1.165) is 31.0 Å². The van der Waals surface area contributed by atoms with Crippen molar-refractivity contribution < 1.29 is 4.39 Å². The second-order valence-electron chi connectivity index (χ2n) is 3.98. The molecule has 1 aromatic rings. The fourth-order valence-corrected chi connectivity index (χ4v) is 2.02. The van der Waals surface area contributed by atoms with E-state index in [0.29, 0.717) is 0 Å². The molecular weight excluding hydrogens is 207 g/mol. The fraction of sp³-hybridized carbons (Fsp3) is 0.364. The monoisotopic (exact) mass is 220 g/mol. The summed E-state index contributed by atoms with van der Waals surface area (Å²) in [5.41, 5.74) is 4.01. The van der Waals surface area contributed by atoms with Gasteiger partial charge in [-0.1, -0.05) is 12.1 Å². The van der Waals surface area contributed by atoms with Crippen molar-refractivity contribution in [1.29, 1.82) is 0 Å². The molecule has 0 aromatic heterocycles. The van der Waals surface area contributed by atoms with Gasteiger partial charge in [0.25, 0.3) is 0 Å². The maximum atomic E-state index is 13.1. The lowest BCUT2D eigenvalue weighted by molar-refractivity contribution is 0.157. The van der Waals surface area contributed by atoms with Crippen LogP contribution in [0.25, 0.3) is 0 Å². The first kappa shape index (κ1) is 9.74. The molecule has 1 unspecified atom stereocenters. The number of hydrogen-bond donors (Lipinski definition) is 2. The molecule has 5 heteroatoms. The van der Waals surface area contributed by atoms with Gasteiger partial charge in [0.1, 0.15) is 17.8 Å². The molecule has 3 rings (SSSR count). The van der Waals surface area contributed by atoms with Crippen LogP contribution in [0.2, 0.25) is 0 Å². The van der Waals surface area contributed by atoms with Gasteiger partial charge < -0.3 is 10.7 Å². The van der Waals surface area contributed by atoms with Gasteiger partial charge in [-0.3, -0.25) is 0 Å². The molecule has 0 aliphatic carbocycles. The molecule has 0 radical (unpaired) electrons. The molecule has 16 heavy (non-hydrogen) atoms. The number of nitrogens with one attached hydrogen (secondary N) is 2. The molecule has 1 saturated heterocycles. The predicted octanol–water partition coefficient (Wildman–Crippen LogP) is 0.322. The highest BCUT2D eigenvalue weighted by molar-refractivity contribution is 5.99. The molecule has 4 nitrogen and oxygen atoms in total. The van der Waals surface area contributed by atoms with E-state index in [2.05, 4.69) is 20.7 Å². The van der Waals surface area contributed by atoms with Crippen molar-refractivity contribution in [2.75, 3.05) is 19.6 Å². The number of hydrazine groups is 1. The van der Waals surface area contributed by atoms with E-state index in [1.165, 1.54) is 12.1 Å². The maximum absolute atomic E-state index is 13.1. The third-order valence-corrected chi connectivity index (χ3v) is 2.84. The molecule has 84 valence electrons. The third-order valence-electron chi connectivity index (χ3n) is 2.84. The summed E-state index contributed by atoms with van der Waals surface area (Å²) in [5, 5.41) is 5.36. The number of aliphatic imine (C=N–C) groups is 1. The molecule has 1 fully saturated rings. The zero-order valence-electron chi connectivity index (χ0n) is 8.78. The number of nitrogens with zero attached hydrogens (tertiary/aromatic N) is 2. The van der Waals surface area contributed by atoms with Gasteiger partial charge >= 0.3 is 0 Å². The summed E-state index contributed by atoms with van der Waals surface area (Å²) in [4.78, 5) is 4.52. The topological polar surface area (TPSA) is 39.7 Å². The number of benzene rings is 1.